The quantitative estimate of drug-likeness (QED) is 0.832. The van der Waals surface area contributed by atoms with Gasteiger partial charge in [0, 0.05) is 37.5 Å². The summed E-state index contributed by atoms with van der Waals surface area (Å²) in [7, 11) is 0. The lowest BCUT2D eigenvalue weighted by Gasteiger charge is -2.71. The molecule has 0 unspecified atom stereocenters. The maximum absolute atomic E-state index is 12.9. The van der Waals surface area contributed by atoms with Crippen LogP contribution in [0.25, 0.3) is 0 Å². The van der Waals surface area contributed by atoms with Gasteiger partial charge in [-0.2, -0.15) is 13.2 Å². The molecule has 2 aliphatic heterocycles. The zero-order chi connectivity index (χ0) is 19.9. The number of amides is 1. The lowest BCUT2D eigenvalue weighted by Crippen LogP contribution is -2.85. The van der Waals surface area contributed by atoms with Crippen molar-refractivity contribution in [3.63, 3.8) is 0 Å². The Kier molecular flexibility index (Phi) is 5.16. The largest absolute Gasteiger partial charge is 0.395 e. The number of carbonyl (C=O) groups is 1. The molecule has 2 atom stereocenters. The van der Waals surface area contributed by atoms with Crippen molar-refractivity contribution in [3.05, 3.63) is 35.9 Å². The van der Waals surface area contributed by atoms with Crippen LogP contribution in [0.1, 0.15) is 43.6 Å². The summed E-state index contributed by atoms with van der Waals surface area (Å²) in [6.45, 7) is 0.589. The second-order valence-electron chi connectivity index (χ2n) is 8.48. The normalized spacial score (nSPS) is 27.6. The minimum absolute atomic E-state index is 0.0560. The van der Waals surface area contributed by atoms with Crippen molar-refractivity contribution in [1.82, 2.24) is 9.80 Å². The fraction of sp³-hybridized carbons (Fsp3) is 0.667. The molecule has 1 amide bonds. The van der Waals surface area contributed by atoms with Crippen LogP contribution in [0.15, 0.2) is 30.3 Å². The van der Waals surface area contributed by atoms with Gasteiger partial charge in [-0.1, -0.05) is 43.2 Å². The molecule has 2 saturated heterocycles. The smallest absolute Gasteiger partial charge is 0.390 e. The minimum atomic E-state index is -4.23. The summed E-state index contributed by atoms with van der Waals surface area (Å²) in [6, 6.07) is 9.33. The predicted molar refractivity (Wildman–Crippen MR) is 98.7 cm³/mol. The van der Waals surface area contributed by atoms with Crippen LogP contribution in [-0.4, -0.2) is 64.8 Å². The highest BCUT2D eigenvalue weighted by Crippen LogP contribution is 2.54. The first-order valence-corrected chi connectivity index (χ1v) is 10.1. The molecular formula is C21H27F3N2O2. The molecule has 3 fully saturated rings. The van der Waals surface area contributed by atoms with Crippen LogP contribution in [0.4, 0.5) is 13.2 Å². The van der Waals surface area contributed by atoms with E-state index in [0.717, 1.165) is 31.2 Å². The number of likely N-dealkylation sites (tertiary alicyclic amines) is 2. The van der Waals surface area contributed by atoms with Crippen molar-refractivity contribution in [3.8, 4) is 0 Å². The van der Waals surface area contributed by atoms with E-state index in [1.54, 1.807) is 4.90 Å². The number of hydrogen-bond donors (Lipinski definition) is 1. The lowest BCUT2D eigenvalue weighted by atomic mass is 9.60. The molecule has 0 radical (unpaired) electrons. The van der Waals surface area contributed by atoms with Crippen molar-refractivity contribution in [2.45, 2.75) is 55.8 Å². The maximum atomic E-state index is 12.9. The van der Waals surface area contributed by atoms with Crippen LogP contribution in [0.2, 0.25) is 0 Å². The molecule has 1 aromatic carbocycles. The van der Waals surface area contributed by atoms with Gasteiger partial charge >= 0.3 is 6.18 Å². The third kappa shape index (κ3) is 3.32. The second-order valence-corrected chi connectivity index (χ2v) is 8.48. The summed E-state index contributed by atoms with van der Waals surface area (Å²) in [6.07, 6.45) is -1.15. The fourth-order valence-corrected chi connectivity index (χ4v) is 5.58. The van der Waals surface area contributed by atoms with Gasteiger partial charge < -0.3 is 10.0 Å². The summed E-state index contributed by atoms with van der Waals surface area (Å²) in [5.74, 6) is 0.169. The number of halogens is 3. The molecule has 1 N–H and O–H groups in total. The molecular weight excluding hydrogens is 369 g/mol. The predicted octanol–water partition coefficient (Wildman–Crippen LogP) is 3.17. The zero-order valence-corrected chi connectivity index (χ0v) is 15.9. The first-order chi connectivity index (χ1) is 13.4. The van der Waals surface area contributed by atoms with Crippen molar-refractivity contribution in [2.75, 3.05) is 26.2 Å². The fourth-order valence-electron chi connectivity index (χ4n) is 5.58. The highest BCUT2D eigenvalue weighted by molar-refractivity contribution is 5.80. The Balaban J connectivity index is 1.54. The van der Waals surface area contributed by atoms with Gasteiger partial charge in [0.25, 0.3) is 0 Å². The molecule has 154 valence electrons. The summed E-state index contributed by atoms with van der Waals surface area (Å²) in [4.78, 5) is 16.4. The molecule has 28 heavy (non-hydrogen) atoms. The SMILES string of the molecule is O=C(C1CCCC1)N1CC2(C1)[C@H](c1ccccc1)[C@@H](CO)N2CCC(F)(F)F. The Labute approximate surface area is 163 Å². The van der Waals surface area contributed by atoms with Crippen molar-refractivity contribution in [1.29, 1.82) is 0 Å². The van der Waals surface area contributed by atoms with Gasteiger partial charge in [0.15, 0.2) is 0 Å². The number of carbonyl (C=O) groups excluding carboxylic acids is 1. The number of benzene rings is 1. The summed E-state index contributed by atoms with van der Waals surface area (Å²) >= 11 is 0. The molecule has 4 nitrogen and oxygen atoms in total. The van der Waals surface area contributed by atoms with Crippen LogP contribution in [-0.2, 0) is 4.79 Å². The number of aliphatic hydroxyl groups is 1. The molecule has 3 aliphatic rings. The molecule has 1 spiro atoms. The van der Waals surface area contributed by atoms with E-state index in [1.165, 1.54) is 0 Å². The Bertz CT molecular complexity index is 697. The van der Waals surface area contributed by atoms with Gasteiger partial charge in [-0.25, -0.2) is 0 Å². The standard InChI is InChI=1S/C21H27F3N2O2/c22-21(23,24)10-11-26-17(12-27)18(15-6-2-1-3-7-15)20(26)13-25(14-20)19(28)16-8-4-5-9-16/h1-3,6-7,16-18,27H,4-5,8-14H2/t17-,18-/m1/s1. The second kappa shape index (κ2) is 7.34. The van der Waals surface area contributed by atoms with Gasteiger partial charge in [0.05, 0.1) is 18.6 Å². The van der Waals surface area contributed by atoms with E-state index in [-0.39, 0.29) is 36.9 Å². The van der Waals surface area contributed by atoms with Gasteiger partial charge in [-0.3, -0.25) is 9.69 Å². The third-order valence-corrected chi connectivity index (χ3v) is 6.86. The topological polar surface area (TPSA) is 43.8 Å². The van der Waals surface area contributed by atoms with E-state index >= 15 is 0 Å². The first kappa shape index (κ1) is 19.7. The summed E-state index contributed by atoms with van der Waals surface area (Å²) < 4.78 is 38.6. The first-order valence-electron chi connectivity index (χ1n) is 10.1. The van der Waals surface area contributed by atoms with Gasteiger partial charge in [0.2, 0.25) is 5.91 Å². The third-order valence-electron chi connectivity index (χ3n) is 6.86. The Morgan fingerprint density at radius 3 is 2.36 bits per heavy atom. The molecule has 7 heteroatoms. The number of hydrogen-bond acceptors (Lipinski definition) is 3. The minimum Gasteiger partial charge on any atom is -0.395 e. The Morgan fingerprint density at radius 2 is 1.79 bits per heavy atom. The van der Waals surface area contributed by atoms with Gasteiger partial charge in [-0.15, -0.1) is 0 Å². The van der Waals surface area contributed by atoms with Crippen LogP contribution >= 0.6 is 0 Å². The van der Waals surface area contributed by atoms with Gasteiger partial charge in [0.1, 0.15) is 0 Å². The Morgan fingerprint density at radius 1 is 1.14 bits per heavy atom. The maximum Gasteiger partial charge on any atom is 0.390 e. The monoisotopic (exact) mass is 396 g/mol. The van der Waals surface area contributed by atoms with Crippen molar-refractivity contribution in [2.24, 2.45) is 5.92 Å². The molecule has 2 heterocycles. The number of alkyl halides is 3. The number of rotatable bonds is 5. The van der Waals surface area contributed by atoms with E-state index in [9.17, 15) is 23.1 Å². The molecule has 1 saturated carbocycles. The van der Waals surface area contributed by atoms with Crippen molar-refractivity contribution >= 4 is 5.91 Å². The zero-order valence-electron chi connectivity index (χ0n) is 15.9. The van der Waals surface area contributed by atoms with Crippen LogP contribution in [0, 0.1) is 5.92 Å². The van der Waals surface area contributed by atoms with Crippen molar-refractivity contribution < 1.29 is 23.1 Å². The van der Waals surface area contributed by atoms with E-state index in [1.807, 2.05) is 35.2 Å². The Hall–Kier alpha value is -1.60. The summed E-state index contributed by atoms with van der Waals surface area (Å²) in [5, 5.41) is 9.91. The molecule has 0 aromatic heterocycles. The van der Waals surface area contributed by atoms with E-state index in [2.05, 4.69) is 0 Å². The van der Waals surface area contributed by atoms with Crippen LogP contribution < -0.4 is 0 Å². The van der Waals surface area contributed by atoms with E-state index < -0.39 is 18.1 Å². The molecule has 1 aromatic rings. The number of aliphatic hydroxyl groups excluding tert-OH is 1. The molecule has 0 bridgehead atoms. The molecule has 4 rings (SSSR count). The lowest BCUT2D eigenvalue weighted by molar-refractivity contribution is -0.211. The molecule has 1 aliphatic carbocycles. The highest BCUT2D eigenvalue weighted by atomic mass is 19.4. The van der Waals surface area contributed by atoms with Crippen LogP contribution in [0.3, 0.4) is 0 Å². The van der Waals surface area contributed by atoms with E-state index in [0.29, 0.717) is 13.1 Å². The highest BCUT2D eigenvalue weighted by Gasteiger charge is 2.66. The average molecular weight is 396 g/mol. The van der Waals surface area contributed by atoms with E-state index in [4.69, 9.17) is 0 Å². The summed E-state index contributed by atoms with van der Waals surface area (Å²) in [5.41, 5.74) is 0.534. The average Bonchev–Trinajstić information content (AvgIpc) is 3.14. The van der Waals surface area contributed by atoms with Gasteiger partial charge in [-0.05, 0) is 18.4 Å². The number of nitrogens with zero attached hydrogens (tertiary/aromatic N) is 2. The van der Waals surface area contributed by atoms with Crippen LogP contribution in [0.5, 0.6) is 0 Å².